The maximum absolute atomic E-state index is 9.58. The minimum absolute atomic E-state index is 0.111. The van der Waals surface area contributed by atoms with Gasteiger partial charge in [-0.3, -0.25) is 4.55 Å². The highest BCUT2D eigenvalue weighted by Crippen LogP contribution is 2.40. The summed E-state index contributed by atoms with van der Waals surface area (Å²) < 4.78 is 25.9. The Labute approximate surface area is 192 Å². The van der Waals surface area contributed by atoms with Gasteiger partial charge in [0.1, 0.15) is 0 Å². The van der Waals surface area contributed by atoms with Crippen molar-refractivity contribution in [1.29, 1.82) is 0 Å². The first-order chi connectivity index (χ1) is 15.6. The van der Waals surface area contributed by atoms with Crippen LogP contribution >= 0.6 is 0 Å². The smallest absolute Gasteiger partial charge is 0.261 e. The first kappa shape index (κ1) is 23.4. The Bertz CT molecular complexity index is 1480. The van der Waals surface area contributed by atoms with Crippen molar-refractivity contribution in [3.63, 3.8) is 0 Å². The monoisotopic (exact) mass is 465 g/mol. The first-order valence-corrected chi connectivity index (χ1v) is 12.5. The Hall–Kier alpha value is -2.81. The maximum Gasteiger partial charge on any atom is 0.261 e. The third-order valence-electron chi connectivity index (χ3n) is 6.02. The van der Waals surface area contributed by atoms with E-state index < -0.39 is 15.7 Å². The van der Waals surface area contributed by atoms with Gasteiger partial charge >= 0.3 is 0 Å². The Morgan fingerprint density at radius 2 is 1.21 bits per heavy atom. The van der Waals surface area contributed by atoms with E-state index in [1.165, 1.54) is 48.7 Å². The molecule has 0 aromatic heterocycles. The molecule has 0 aliphatic heterocycles. The minimum atomic E-state index is -3.67. The summed E-state index contributed by atoms with van der Waals surface area (Å²) in [5.41, 5.74) is 0.470. The number of aliphatic hydroxyl groups excluding tert-OH is 2. The summed E-state index contributed by atoms with van der Waals surface area (Å²) in [5, 5.41) is 32.7. The lowest BCUT2D eigenvalue weighted by molar-refractivity contribution is 0.103. The predicted octanol–water partition coefficient (Wildman–Crippen LogP) is 4.07. The zero-order valence-electron chi connectivity index (χ0n) is 18.5. The van der Waals surface area contributed by atoms with E-state index in [9.17, 15) is 18.6 Å². The van der Waals surface area contributed by atoms with Gasteiger partial charge < -0.3 is 15.5 Å². The van der Waals surface area contributed by atoms with Crippen molar-refractivity contribution in [2.45, 2.75) is 19.0 Å². The van der Waals surface area contributed by atoms with Crippen LogP contribution in [0.5, 0.6) is 0 Å². The minimum Gasteiger partial charge on any atom is -0.394 e. The molecule has 172 valence electrons. The molecule has 4 N–H and O–H groups in total. The molecule has 0 heterocycles. The summed E-state index contributed by atoms with van der Waals surface area (Å²) in [7, 11) is -3.67. The molecule has 0 radical (unpaired) electrons. The van der Waals surface area contributed by atoms with Gasteiger partial charge in [0.2, 0.25) is 0 Å². The number of hydrogen-bond donors (Lipinski definition) is 4. The van der Waals surface area contributed by atoms with Gasteiger partial charge in [0.25, 0.3) is 10.1 Å². The summed E-state index contributed by atoms with van der Waals surface area (Å²) in [5.74, 6) is 0. The molecule has 0 saturated heterocycles. The van der Waals surface area contributed by atoms with E-state index in [0.717, 1.165) is 0 Å². The van der Waals surface area contributed by atoms with Crippen LogP contribution in [0.4, 0.5) is 0 Å². The Balaban J connectivity index is 0.000000471. The highest BCUT2D eigenvalue weighted by Gasteiger charge is 2.22. The molecule has 0 aliphatic rings. The van der Waals surface area contributed by atoms with Crippen LogP contribution in [-0.2, 0) is 16.7 Å². The molecule has 0 bridgehead atoms. The van der Waals surface area contributed by atoms with E-state index in [-0.39, 0.29) is 13.2 Å². The Morgan fingerprint density at radius 3 is 1.76 bits per heavy atom. The highest BCUT2D eigenvalue weighted by atomic mass is 32.2. The zero-order valence-corrected chi connectivity index (χ0v) is 19.4. The molecule has 0 aliphatic carbocycles. The van der Waals surface area contributed by atoms with E-state index in [4.69, 9.17) is 4.55 Å². The number of benzene rings is 5. The van der Waals surface area contributed by atoms with Crippen LogP contribution < -0.4 is 5.32 Å². The van der Waals surface area contributed by atoms with Crippen LogP contribution in [0.2, 0.25) is 0 Å². The third kappa shape index (κ3) is 4.64. The van der Waals surface area contributed by atoms with Gasteiger partial charge in [0, 0.05) is 6.54 Å². The van der Waals surface area contributed by atoms with Gasteiger partial charge in [0.05, 0.1) is 25.0 Å². The summed E-state index contributed by atoms with van der Waals surface area (Å²) in [4.78, 5) is 0. The molecule has 5 aromatic rings. The second-order valence-corrected chi connectivity index (χ2v) is 10.1. The largest absolute Gasteiger partial charge is 0.394 e. The quantitative estimate of drug-likeness (QED) is 0.177. The average molecular weight is 466 g/mol. The fourth-order valence-corrected chi connectivity index (χ4v) is 4.33. The summed E-state index contributed by atoms with van der Waals surface area (Å²) in [6.07, 6.45) is 0.715. The van der Waals surface area contributed by atoms with Gasteiger partial charge in [-0.1, -0.05) is 66.7 Å². The molecule has 33 heavy (non-hydrogen) atoms. The summed E-state index contributed by atoms with van der Waals surface area (Å²) in [6, 6.07) is 23.9. The summed E-state index contributed by atoms with van der Waals surface area (Å²) >= 11 is 0. The van der Waals surface area contributed by atoms with Gasteiger partial charge in [0.15, 0.2) is 0 Å². The Morgan fingerprint density at radius 1 is 0.758 bits per heavy atom. The lowest BCUT2D eigenvalue weighted by Gasteiger charge is -2.27. The molecule has 0 amide bonds. The maximum atomic E-state index is 9.58. The topological polar surface area (TPSA) is 107 Å². The second kappa shape index (κ2) is 8.85. The van der Waals surface area contributed by atoms with Crippen molar-refractivity contribution in [3.8, 4) is 0 Å². The highest BCUT2D eigenvalue weighted by molar-refractivity contribution is 7.85. The number of fused-ring (bicyclic) bond motifs is 2. The number of aliphatic hydroxyl groups is 2. The van der Waals surface area contributed by atoms with Crippen molar-refractivity contribution in [2.75, 3.05) is 19.5 Å². The van der Waals surface area contributed by atoms with Crippen LogP contribution in [0.3, 0.4) is 0 Å². The van der Waals surface area contributed by atoms with E-state index in [0.29, 0.717) is 12.8 Å². The lowest BCUT2D eigenvalue weighted by Crippen LogP contribution is -2.48. The van der Waals surface area contributed by atoms with Crippen LogP contribution in [-0.4, -0.2) is 48.2 Å². The second-order valence-electron chi connectivity index (χ2n) is 8.67. The first-order valence-electron chi connectivity index (χ1n) is 10.6. The molecule has 0 fully saturated rings. The van der Waals surface area contributed by atoms with Gasteiger partial charge in [-0.15, -0.1) is 0 Å². The fraction of sp³-hybridized carbons (Fsp3) is 0.231. The van der Waals surface area contributed by atoms with Crippen LogP contribution in [0.15, 0.2) is 66.7 Å². The van der Waals surface area contributed by atoms with Crippen LogP contribution in [0.1, 0.15) is 12.5 Å². The van der Waals surface area contributed by atoms with Gasteiger partial charge in [-0.25, -0.2) is 0 Å². The molecule has 0 spiro atoms. The Kier molecular flexibility index (Phi) is 6.26. The molecule has 0 unspecified atom stereocenters. The van der Waals surface area contributed by atoms with Gasteiger partial charge in [-0.05, 0) is 55.6 Å². The van der Waals surface area contributed by atoms with Crippen molar-refractivity contribution in [1.82, 2.24) is 5.32 Å². The molecule has 6 nitrogen and oxygen atoms in total. The molecule has 5 aromatic carbocycles. The number of rotatable bonds is 5. The fourth-order valence-electron chi connectivity index (χ4n) is 4.33. The molecule has 0 atom stereocenters. The van der Waals surface area contributed by atoms with Gasteiger partial charge in [-0.2, -0.15) is 8.42 Å². The lowest BCUT2D eigenvalue weighted by atomic mass is 9.88. The van der Waals surface area contributed by atoms with E-state index >= 15 is 0 Å². The molecule has 7 heteroatoms. The predicted molar refractivity (Wildman–Crippen MR) is 135 cm³/mol. The van der Waals surface area contributed by atoms with Crippen molar-refractivity contribution in [3.05, 3.63) is 72.3 Å². The van der Waals surface area contributed by atoms with Crippen molar-refractivity contribution < 1.29 is 23.2 Å². The average Bonchev–Trinajstić information content (AvgIpc) is 2.80. The number of nitrogens with one attached hydrogen (secondary N) is 1. The standard InChI is InChI=1S/C25H23NO2.CH4O3S/c1-25(14-27,15-28)26-13-17-11-12-22-20-9-3-6-16-5-2-8-19(23(16)20)21-10-4-7-18(17)24(21)22;1-5(2,3)4/h2-12,26-28H,13-15H2,1H3;1H3,(H,2,3,4). The van der Waals surface area contributed by atoms with Crippen LogP contribution in [0.25, 0.3) is 43.1 Å². The van der Waals surface area contributed by atoms with Crippen LogP contribution in [0, 0.1) is 0 Å². The SMILES string of the molecule is CC(CO)(CO)NCc1ccc2c3cccc4cccc(c5cccc1c52)c43.CS(=O)(=O)O. The zero-order chi connectivity index (χ0) is 23.8. The number of hydrogen-bond acceptors (Lipinski definition) is 5. The summed E-state index contributed by atoms with van der Waals surface area (Å²) in [6.45, 7) is 2.19. The molecular formula is C26H27NO5S. The van der Waals surface area contributed by atoms with E-state index in [1.807, 2.05) is 6.92 Å². The van der Waals surface area contributed by atoms with E-state index in [1.54, 1.807) is 0 Å². The van der Waals surface area contributed by atoms with Crippen molar-refractivity contribution >= 4 is 53.2 Å². The molecule has 0 saturated carbocycles. The van der Waals surface area contributed by atoms with E-state index in [2.05, 4.69) is 72.0 Å². The molecular weight excluding hydrogens is 438 g/mol. The normalized spacial score (nSPS) is 12.5. The van der Waals surface area contributed by atoms with Crippen molar-refractivity contribution in [2.24, 2.45) is 0 Å². The third-order valence-corrected chi connectivity index (χ3v) is 6.02. The molecule has 5 rings (SSSR count).